The number of hydrogen-bond acceptors (Lipinski definition) is 6. The molecule has 4 rings (SSSR count). The normalized spacial score (nSPS) is 13.1. The van der Waals surface area contributed by atoms with Crippen LogP contribution in [0.25, 0.3) is 22.3 Å². The number of hydrogen-bond donors (Lipinski definition) is 2. The average Bonchev–Trinajstić information content (AvgIpc) is 3.13. The number of nitrogens with two attached hydrogens (primary N) is 1. The molecule has 0 saturated heterocycles. The van der Waals surface area contributed by atoms with E-state index in [4.69, 9.17) is 15.2 Å². The van der Waals surface area contributed by atoms with Crippen molar-refractivity contribution in [2.45, 2.75) is 86.2 Å². The molecule has 4 aromatic carbocycles. The molecule has 0 aliphatic rings. The molecule has 0 saturated carbocycles. The van der Waals surface area contributed by atoms with Crippen molar-refractivity contribution in [1.82, 2.24) is 5.32 Å². The van der Waals surface area contributed by atoms with Gasteiger partial charge in [0.05, 0.1) is 25.0 Å². The van der Waals surface area contributed by atoms with Gasteiger partial charge in [0.15, 0.2) is 0 Å². The molecule has 0 spiro atoms. The second kappa shape index (κ2) is 22.6. The lowest BCUT2D eigenvalue weighted by Crippen LogP contribution is -2.44. The highest BCUT2D eigenvalue weighted by Crippen LogP contribution is 2.23. The van der Waals surface area contributed by atoms with Gasteiger partial charge in [0.2, 0.25) is 5.91 Å². The minimum Gasteiger partial charge on any atom is -0.466 e. The highest BCUT2D eigenvalue weighted by atomic mass is 35.5. The predicted molar refractivity (Wildman–Crippen MR) is 219 cm³/mol. The van der Waals surface area contributed by atoms with E-state index in [1.54, 1.807) is 6.92 Å². The minimum atomic E-state index is -0.484. The molecule has 8 heteroatoms. The van der Waals surface area contributed by atoms with Crippen LogP contribution in [-0.2, 0) is 36.7 Å². The lowest BCUT2D eigenvalue weighted by atomic mass is 9.91. The van der Waals surface area contributed by atoms with Crippen LogP contribution in [0.2, 0.25) is 0 Å². The number of benzene rings is 4. The molecule has 286 valence electrons. The topological polar surface area (TPSA) is 108 Å². The molecule has 1 unspecified atom stereocenters. The minimum absolute atomic E-state index is 0. The Bertz CT molecular complexity index is 1660. The third-order valence-corrected chi connectivity index (χ3v) is 8.79. The van der Waals surface area contributed by atoms with Gasteiger partial charge in [-0.15, -0.1) is 12.4 Å². The Balaban J connectivity index is 0.000000369. The molecule has 0 aliphatic heterocycles. The van der Waals surface area contributed by atoms with E-state index in [-0.39, 0.29) is 54.2 Å². The van der Waals surface area contributed by atoms with Gasteiger partial charge < -0.3 is 20.5 Å². The number of ether oxygens (including phenoxy) is 2. The molecule has 0 fully saturated rings. The van der Waals surface area contributed by atoms with Crippen LogP contribution in [0.3, 0.4) is 0 Å². The summed E-state index contributed by atoms with van der Waals surface area (Å²) in [4.78, 5) is 36.3. The third-order valence-electron chi connectivity index (χ3n) is 8.79. The van der Waals surface area contributed by atoms with Gasteiger partial charge in [0, 0.05) is 17.5 Å². The van der Waals surface area contributed by atoms with Crippen molar-refractivity contribution in [2.75, 3.05) is 13.2 Å². The van der Waals surface area contributed by atoms with E-state index >= 15 is 0 Å². The molecule has 0 heterocycles. The molecular weight excluding hydrogens is 684 g/mol. The van der Waals surface area contributed by atoms with Crippen LogP contribution in [0.15, 0.2) is 109 Å². The van der Waals surface area contributed by atoms with Crippen LogP contribution < -0.4 is 11.1 Å². The van der Waals surface area contributed by atoms with Gasteiger partial charge in [-0.05, 0) is 72.9 Å². The number of carbonyl (C=O) groups excluding carboxylic acids is 3. The van der Waals surface area contributed by atoms with Crippen molar-refractivity contribution >= 4 is 30.3 Å². The van der Waals surface area contributed by atoms with E-state index in [1.807, 2.05) is 77.9 Å². The molecular formula is C45H59ClN2O5. The molecule has 0 bridgehead atoms. The summed E-state index contributed by atoms with van der Waals surface area (Å²) in [6, 6.07) is 37.2. The van der Waals surface area contributed by atoms with E-state index in [0.29, 0.717) is 32.5 Å². The third kappa shape index (κ3) is 15.6. The lowest BCUT2D eigenvalue weighted by molar-refractivity contribution is -0.148. The zero-order chi connectivity index (χ0) is 38.1. The highest BCUT2D eigenvalue weighted by Gasteiger charge is 2.27. The monoisotopic (exact) mass is 742 g/mol. The average molecular weight is 743 g/mol. The molecule has 4 atom stereocenters. The molecule has 7 nitrogen and oxygen atoms in total. The Hall–Kier alpha value is -4.46. The van der Waals surface area contributed by atoms with Crippen molar-refractivity contribution in [3.05, 3.63) is 120 Å². The van der Waals surface area contributed by atoms with E-state index in [2.05, 4.69) is 78.1 Å². The fourth-order valence-electron chi connectivity index (χ4n) is 5.84. The van der Waals surface area contributed by atoms with Gasteiger partial charge in [-0.25, -0.2) is 0 Å². The second-order valence-corrected chi connectivity index (χ2v) is 14.5. The number of rotatable bonds is 15. The second-order valence-electron chi connectivity index (χ2n) is 14.5. The highest BCUT2D eigenvalue weighted by molar-refractivity contribution is 5.85. The van der Waals surface area contributed by atoms with Gasteiger partial charge in [0.25, 0.3) is 0 Å². The van der Waals surface area contributed by atoms with Crippen LogP contribution in [0.1, 0.15) is 72.4 Å². The summed E-state index contributed by atoms with van der Waals surface area (Å²) in [6.07, 6.45) is 2.61. The zero-order valence-corrected chi connectivity index (χ0v) is 33.3. The largest absolute Gasteiger partial charge is 0.466 e. The predicted octanol–water partition coefficient (Wildman–Crippen LogP) is 9.25. The van der Waals surface area contributed by atoms with Gasteiger partial charge in [-0.3, -0.25) is 14.4 Å². The summed E-state index contributed by atoms with van der Waals surface area (Å²) in [6.45, 7) is 13.8. The molecule has 0 radical (unpaired) electrons. The Morgan fingerprint density at radius 1 is 0.604 bits per heavy atom. The molecule has 3 N–H and O–H groups in total. The van der Waals surface area contributed by atoms with Crippen LogP contribution in [-0.4, -0.2) is 43.1 Å². The number of amides is 1. The van der Waals surface area contributed by atoms with Crippen molar-refractivity contribution in [3.63, 3.8) is 0 Å². The fraction of sp³-hybridized carbons (Fsp3) is 0.400. The number of esters is 2. The SMILES string of the molecule is CCOC(=O)[C@H](C)CC(Cc1ccc(-c2ccccc2)cc1)NC(=O)C(C)(C)C.CCOC(=O)[C@H](C)C[C@H](N)Cc1ccc(-c2ccccc2)cc1.Cl. The molecule has 53 heavy (non-hydrogen) atoms. The Morgan fingerprint density at radius 3 is 1.38 bits per heavy atom. The number of carbonyl (C=O) groups is 3. The standard InChI is InChI=1S/C25H33NO3.C20H25NO2.ClH/c1-6-29-23(27)18(2)16-22(26-24(28)25(3,4)5)17-19-12-14-21(15-13-19)20-10-8-7-9-11-20;1-3-23-20(22)15(2)13-19(21)14-16-9-11-18(12-10-16)17-7-5-4-6-8-17;/h7-15,18,22H,6,16-17H2,1-5H3,(H,26,28);4-12,15,19H,3,13-14,21H2,1-2H3;1H/t18-,22?;15-,19+;/m11./s1. The van der Waals surface area contributed by atoms with Crippen molar-refractivity contribution in [1.29, 1.82) is 0 Å². The van der Waals surface area contributed by atoms with Gasteiger partial charge in [-0.2, -0.15) is 0 Å². The molecule has 0 aromatic heterocycles. The molecule has 4 aromatic rings. The first kappa shape index (κ1) is 44.7. The summed E-state index contributed by atoms with van der Waals surface area (Å²) in [5.74, 6) is -0.832. The van der Waals surface area contributed by atoms with E-state index in [0.717, 1.165) is 17.5 Å². The first-order valence-corrected chi connectivity index (χ1v) is 18.5. The summed E-state index contributed by atoms with van der Waals surface area (Å²) in [7, 11) is 0. The Morgan fingerprint density at radius 2 is 0.981 bits per heavy atom. The quantitative estimate of drug-likeness (QED) is 0.118. The maximum absolute atomic E-state index is 12.6. The Labute approximate surface area is 323 Å². The zero-order valence-electron chi connectivity index (χ0n) is 32.5. The maximum Gasteiger partial charge on any atom is 0.308 e. The Kier molecular flexibility index (Phi) is 19.0. The number of halogens is 1. The first-order valence-electron chi connectivity index (χ1n) is 18.5. The molecule has 0 aliphatic carbocycles. The summed E-state index contributed by atoms with van der Waals surface area (Å²) < 4.78 is 10.2. The van der Waals surface area contributed by atoms with Crippen LogP contribution >= 0.6 is 12.4 Å². The van der Waals surface area contributed by atoms with E-state index in [1.165, 1.54) is 22.3 Å². The van der Waals surface area contributed by atoms with Crippen LogP contribution in [0.5, 0.6) is 0 Å². The summed E-state index contributed by atoms with van der Waals surface area (Å²) in [5, 5.41) is 3.13. The van der Waals surface area contributed by atoms with Gasteiger partial charge >= 0.3 is 11.9 Å². The molecule has 1 amide bonds. The van der Waals surface area contributed by atoms with Crippen molar-refractivity contribution < 1.29 is 23.9 Å². The summed E-state index contributed by atoms with van der Waals surface area (Å²) in [5.41, 5.74) is 12.7. The van der Waals surface area contributed by atoms with E-state index < -0.39 is 5.41 Å². The van der Waals surface area contributed by atoms with Crippen LogP contribution in [0.4, 0.5) is 0 Å². The first-order chi connectivity index (χ1) is 24.8. The smallest absolute Gasteiger partial charge is 0.308 e. The number of nitrogens with one attached hydrogen (secondary N) is 1. The van der Waals surface area contributed by atoms with E-state index in [9.17, 15) is 14.4 Å². The van der Waals surface area contributed by atoms with Crippen molar-refractivity contribution in [2.24, 2.45) is 23.0 Å². The van der Waals surface area contributed by atoms with Gasteiger partial charge in [0.1, 0.15) is 0 Å². The van der Waals surface area contributed by atoms with Gasteiger partial charge in [-0.1, -0.05) is 144 Å². The maximum atomic E-state index is 12.6. The fourth-order valence-corrected chi connectivity index (χ4v) is 5.84. The van der Waals surface area contributed by atoms with Crippen molar-refractivity contribution in [3.8, 4) is 22.3 Å². The lowest BCUT2D eigenvalue weighted by Gasteiger charge is -2.26. The van der Waals surface area contributed by atoms with Crippen LogP contribution in [0, 0.1) is 17.3 Å². The summed E-state index contributed by atoms with van der Waals surface area (Å²) >= 11 is 0.